The van der Waals surface area contributed by atoms with Crippen molar-refractivity contribution >= 4 is 28.4 Å². The van der Waals surface area contributed by atoms with E-state index in [9.17, 15) is 18.0 Å². The quantitative estimate of drug-likeness (QED) is 0.419. The van der Waals surface area contributed by atoms with E-state index >= 15 is 0 Å². The number of hydrogen-bond acceptors (Lipinski definition) is 1. The minimum atomic E-state index is -1.48. The standard InChI is InChI=1S/C8H3Cl2F3O/c1-2-5(11)3(8(10)14)4(9)7(13)6(2)12/h1H3. The van der Waals surface area contributed by atoms with Crippen molar-refractivity contribution in [3.8, 4) is 0 Å². The van der Waals surface area contributed by atoms with Gasteiger partial charge in [-0.3, -0.25) is 4.79 Å². The third-order valence-corrected chi connectivity index (χ3v) is 2.22. The number of rotatable bonds is 1. The molecule has 1 aromatic rings. The van der Waals surface area contributed by atoms with Gasteiger partial charge in [0.05, 0.1) is 10.6 Å². The van der Waals surface area contributed by atoms with Crippen LogP contribution in [0.1, 0.15) is 15.9 Å². The molecule has 76 valence electrons. The molecule has 0 aliphatic rings. The van der Waals surface area contributed by atoms with Crippen LogP contribution in [-0.4, -0.2) is 5.24 Å². The zero-order chi connectivity index (χ0) is 11.0. The topological polar surface area (TPSA) is 17.1 Å². The smallest absolute Gasteiger partial charge is 0.256 e. The Labute approximate surface area is 87.4 Å². The van der Waals surface area contributed by atoms with Crippen molar-refractivity contribution in [3.05, 3.63) is 33.6 Å². The van der Waals surface area contributed by atoms with Gasteiger partial charge in [0, 0.05) is 5.56 Å². The van der Waals surface area contributed by atoms with Gasteiger partial charge in [-0.2, -0.15) is 0 Å². The molecule has 0 saturated heterocycles. The van der Waals surface area contributed by atoms with Crippen molar-refractivity contribution in [2.24, 2.45) is 0 Å². The third kappa shape index (κ3) is 1.60. The van der Waals surface area contributed by atoms with E-state index in [1.165, 1.54) is 0 Å². The lowest BCUT2D eigenvalue weighted by atomic mass is 10.1. The van der Waals surface area contributed by atoms with Gasteiger partial charge in [0.15, 0.2) is 11.6 Å². The van der Waals surface area contributed by atoms with E-state index in [0.717, 1.165) is 6.92 Å². The highest BCUT2D eigenvalue weighted by molar-refractivity contribution is 6.68. The minimum absolute atomic E-state index is 0.629. The lowest BCUT2D eigenvalue weighted by Crippen LogP contribution is -2.05. The Morgan fingerprint density at radius 2 is 1.64 bits per heavy atom. The van der Waals surface area contributed by atoms with Crippen LogP contribution in [0, 0.1) is 24.4 Å². The van der Waals surface area contributed by atoms with Crippen molar-refractivity contribution in [1.29, 1.82) is 0 Å². The second kappa shape index (κ2) is 3.79. The minimum Gasteiger partial charge on any atom is -0.275 e. The fourth-order valence-corrected chi connectivity index (χ4v) is 1.40. The Balaban J connectivity index is 3.68. The van der Waals surface area contributed by atoms with Gasteiger partial charge in [-0.1, -0.05) is 11.6 Å². The van der Waals surface area contributed by atoms with Gasteiger partial charge in [-0.15, -0.1) is 0 Å². The molecule has 0 spiro atoms. The Kier molecular flexibility index (Phi) is 3.07. The van der Waals surface area contributed by atoms with Crippen LogP contribution in [0.4, 0.5) is 13.2 Å². The Morgan fingerprint density at radius 3 is 2.07 bits per heavy atom. The zero-order valence-corrected chi connectivity index (χ0v) is 8.31. The summed E-state index contributed by atoms with van der Waals surface area (Å²) in [6, 6.07) is 0. The Bertz CT molecular complexity index is 389. The summed E-state index contributed by atoms with van der Waals surface area (Å²) in [7, 11) is 0. The van der Waals surface area contributed by atoms with Crippen LogP contribution in [0.5, 0.6) is 0 Å². The number of carbonyl (C=O) groups is 1. The SMILES string of the molecule is Cc1c(F)c(F)c(Cl)c(C(=O)Cl)c1F. The predicted octanol–water partition coefficient (Wildman–Crippen LogP) is 3.44. The molecule has 1 nitrogen and oxygen atoms in total. The van der Waals surface area contributed by atoms with Gasteiger partial charge in [0.1, 0.15) is 5.82 Å². The molecule has 0 bridgehead atoms. The summed E-state index contributed by atoms with van der Waals surface area (Å²) in [6.07, 6.45) is 0. The van der Waals surface area contributed by atoms with E-state index in [4.69, 9.17) is 23.2 Å². The number of carbonyl (C=O) groups excluding carboxylic acids is 1. The highest BCUT2D eigenvalue weighted by atomic mass is 35.5. The van der Waals surface area contributed by atoms with Gasteiger partial charge >= 0.3 is 0 Å². The van der Waals surface area contributed by atoms with Crippen molar-refractivity contribution in [2.45, 2.75) is 6.92 Å². The van der Waals surface area contributed by atoms with E-state index in [0.29, 0.717) is 0 Å². The van der Waals surface area contributed by atoms with E-state index < -0.39 is 38.8 Å². The summed E-state index contributed by atoms with van der Waals surface area (Å²) >= 11 is 10.2. The molecular weight excluding hydrogens is 240 g/mol. The van der Waals surface area contributed by atoms with E-state index in [-0.39, 0.29) is 0 Å². The summed E-state index contributed by atoms with van der Waals surface area (Å²) < 4.78 is 38.9. The predicted molar refractivity (Wildman–Crippen MR) is 46.2 cm³/mol. The van der Waals surface area contributed by atoms with E-state index in [1.54, 1.807) is 0 Å². The molecule has 1 aromatic carbocycles. The summed E-state index contributed by atoms with van der Waals surface area (Å²) in [6.45, 7) is 0.980. The number of hydrogen-bond donors (Lipinski definition) is 0. The van der Waals surface area contributed by atoms with Crippen LogP contribution in [0.2, 0.25) is 5.02 Å². The van der Waals surface area contributed by atoms with Crippen LogP contribution in [0.15, 0.2) is 0 Å². The summed E-state index contributed by atoms with van der Waals surface area (Å²) in [4.78, 5) is 10.7. The van der Waals surface area contributed by atoms with Crippen LogP contribution < -0.4 is 0 Å². The van der Waals surface area contributed by atoms with Crippen molar-refractivity contribution < 1.29 is 18.0 Å². The molecular formula is C8H3Cl2F3O. The number of halogens is 5. The molecule has 0 radical (unpaired) electrons. The monoisotopic (exact) mass is 242 g/mol. The van der Waals surface area contributed by atoms with Gasteiger partial charge < -0.3 is 0 Å². The van der Waals surface area contributed by atoms with Gasteiger partial charge in [0.25, 0.3) is 5.24 Å². The van der Waals surface area contributed by atoms with Crippen LogP contribution in [0.3, 0.4) is 0 Å². The van der Waals surface area contributed by atoms with Crippen molar-refractivity contribution in [3.63, 3.8) is 0 Å². The normalized spacial score (nSPS) is 10.4. The highest BCUT2D eigenvalue weighted by Crippen LogP contribution is 2.29. The molecule has 0 aliphatic carbocycles. The molecule has 0 aromatic heterocycles. The van der Waals surface area contributed by atoms with E-state index in [1.807, 2.05) is 0 Å². The fraction of sp³-hybridized carbons (Fsp3) is 0.125. The maximum atomic E-state index is 13.2. The molecule has 0 unspecified atom stereocenters. The first-order chi connectivity index (χ1) is 6.37. The van der Waals surface area contributed by atoms with Gasteiger partial charge in [-0.05, 0) is 18.5 Å². The zero-order valence-electron chi connectivity index (χ0n) is 6.80. The largest absolute Gasteiger partial charge is 0.275 e. The molecule has 0 atom stereocenters. The average Bonchev–Trinajstić information content (AvgIpc) is 2.11. The second-order valence-corrected chi connectivity index (χ2v) is 3.25. The Morgan fingerprint density at radius 1 is 1.14 bits per heavy atom. The van der Waals surface area contributed by atoms with Crippen LogP contribution in [0.25, 0.3) is 0 Å². The molecule has 0 heterocycles. The molecule has 1 rings (SSSR count). The lowest BCUT2D eigenvalue weighted by Gasteiger charge is -2.06. The Hall–Kier alpha value is -0.740. The third-order valence-electron chi connectivity index (χ3n) is 1.68. The first kappa shape index (κ1) is 11.3. The van der Waals surface area contributed by atoms with Gasteiger partial charge in [-0.25, -0.2) is 13.2 Å². The first-order valence-electron chi connectivity index (χ1n) is 3.40. The van der Waals surface area contributed by atoms with E-state index in [2.05, 4.69) is 0 Å². The summed E-state index contributed by atoms with van der Waals surface area (Å²) in [5, 5.41) is -2.21. The van der Waals surface area contributed by atoms with Crippen molar-refractivity contribution in [2.75, 3.05) is 0 Å². The molecule has 0 saturated carbocycles. The van der Waals surface area contributed by atoms with Crippen LogP contribution >= 0.6 is 23.2 Å². The first-order valence-corrected chi connectivity index (χ1v) is 4.15. The van der Waals surface area contributed by atoms with Crippen molar-refractivity contribution in [1.82, 2.24) is 0 Å². The average molecular weight is 243 g/mol. The highest BCUT2D eigenvalue weighted by Gasteiger charge is 2.24. The molecule has 14 heavy (non-hydrogen) atoms. The summed E-state index contributed by atoms with van der Waals surface area (Å²) in [5.41, 5.74) is -1.47. The molecule has 0 aliphatic heterocycles. The molecule has 0 N–H and O–H groups in total. The number of benzene rings is 1. The summed E-state index contributed by atoms with van der Waals surface area (Å²) in [5.74, 6) is -4.14. The second-order valence-electron chi connectivity index (χ2n) is 2.53. The van der Waals surface area contributed by atoms with Gasteiger partial charge in [0.2, 0.25) is 0 Å². The maximum Gasteiger partial charge on any atom is 0.256 e. The fourth-order valence-electron chi connectivity index (χ4n) is 0.923. The molecule has 0 amide bonds. The van der Waals surface area contributed by atoms with Crippen LogP contribution in [-0.2, 0) is 0 Å². The maximum absolute atomic E-state index is 13.2. The molecule has 6 heteroatoms. The molecule has 0 fully saturated rings. The lowest BCUT2D eigenvalue weighted by molar-refractivity contribution is 0.107.